The van der Waals surface area contributed by atoms with Crippen LogP contribution in [0.25, 0.3) is 0 Å². The molecule has 0 aliphatic carbocycles. The van der Waals surface area contributed by atoms with Gasteiger partial charge < -0.3 is 10.6 Å². The Labute approximate surface area is 165 Å². The van der Waals surface area contributed by atoms with Crippen molar-refractivity contribution in [3.05, 3.63) is 76.4 Å². The maximum absolute atomic E-state index is 12.5. The predicted octanol–water partition coefficient (Wildman–Crippen LogP) is 2.95. The molecule has 0 aliphatic rings. The zero-order valence-electron chi connectivity index (χ0n) is 15.7. The second kappa shape index (κ2) is 8.30. The van der Waals surface area contributed by atoms with Gasteiger partial charge >= 0.3 is 0 Å². The van der Waals surface area contributed by atoms with Crippen LogP contribution in [0.5, 0.6) is 0 Å². The van der Waals surface area contributed by atoms with Crippen molar-refractivity contribution in [1.29, 1.82) is 0 Å². The van der Waals surface area contributed by atoms with Gasteiger partial charge in [0.05, 0.1) is 4.92 Å². The third-order valence-corrected chi connectivity index (χ3v) is 4.29. The first-order chi connectivity index (χ1) is 13.9. The molecule has 3 rings (SSSR count). The van der Waals surface area contributed by atoms with Gasteiger partial charge in [0, 0.05) is 16.9 Å². The van der Waals surface area contributed by atoms with Gasteiger partial charge in [0.25, 0.3) is 11.6 Å². The smallest absolute Gasteiger partial charge is 0.285 e. The monoisotopic (exact) mass is 394 g/mol. The molecule has 148 valence electrons. The van der Waals surface area contributed by atoms with E-state index < -0.39 is 16.9 Å². The number of rotatable bonds is 6. The summed E-state index contributed by atoms with van der Waals surface area (Å²) in [5.41, 5.74) is 1.13. The number of nitro groups is 1. The molecule has 0 spiro atoms. The van der Waals surface area contributed by atoms with Crippen molar-refractivity contribution in [2.75, 3.05) is 10.6 Å². The minimum absolute atomic E-state index is 0.0194. The Morgan fingerprint density at radius 1 is 1.10 bits per heavy atom. The minimum Gasteiger partial charge on any atom is -0.324 e. The first kappa shape index (κ1) is 19.7. The number of aromatic nitrogens is 3. The Morgan fingerprint density at radius 2 is 1.76 bits per heavy atom. The number of nitro benzene ring substituents is 1. The zero-order valence-corrected chi connectivity index (χ0v) is 15.7. The highest BCUT2D eigenvalue weighted by atomic mass is 16.6. The second-order valence-corrected chi connectivity index (χ2v) is 6.30. The van der Waals surface area contributed by atoms with Crippen molar-refractivity contribution in [3.63, 3.8) is 0 Å². The number of para-hydroxylation sites is 1. The van der Waals surface area contributed by atoms with E-state index in [1.165, 1.54) is 23.4 Å². The van der Waals surface area contributed by atoms with Gasteiger partial charge in [0.15, 0.2) is 0 Å². The van der Waals surface area contributed by atoms with Crippen molar-refractivity contribution < 1.29 is 14.5 Å². The highest BCUT2D eigenvalue weighted by Gasteiger charge is 2.22. The lowest BCUT2D eigenvalue weighted by atomic mass is 10.1. The van der Waals surface area contributed by atoms with E-state index in [-0.39, 0.29) is 17.2 Å². The molecule has 0 saturated carbocycles. The zero-order chi connectivity index (χ0) is 21.0. The molecule has 0 radical (unpaired) electrons. The Kier molecular flexibility index (Phi) is 5.63. The molecular weight excluding hydrogens is 376 g/mol. The molecular formula is C19H18N6O4. The topological polar surface area (TPSA) is 132 Å². The third-order valence-electron chi connectivity index (χ3n) is 4.29. The normalized spacial score (nSPS) is 11.5. The molecule has 2 N–H and O–H groups in total. The van der Waals surface area contributed by atoms with Crippen LogP contribution in [0.3, 0.4) is 0 Å². The maximum Gasteiger partial charge on any atom is 0.285 e. The molecule has 0 fully saturated rings. The largest absolute Gasteiger partial charge is 0.324 e. The van der Waals surface area contributed by atoms with Crippen molar-refractivity contribution in [2.24, 2.45) is 0 Å². The molecule has 1 unspecified atom stereocenters. The van der Waals surface area contributed by atoms with Crippen molar-refractivity contribution in [1.82, 2.24) is 14.8 Å². The van der Waals surface area contributed by atoms with Gasteiger partial charge in [-0.1, -0.05) is 12.1 Å². The number of benzene rings is 2. The summed E-state index contributed by atoms with van der Waals surface area (Å²) in [6, 6.07) is 10.4. The van der Waals surface area contributed by atoms with Gasteiger partial charge in [-0.2, -0.15) is 5.10 Å². The van der Waals surface area contributed by atoms with Crippen LogP contribution < -0.4 is 10.6 Å². The SMILES string of the molecule is Cc1cccc(C(=O)Nc2ccc(NC(=O)C(C)n3cncn3)cc2)c1[N+](=O)[O-]. The standard InChI is InChI=1S/C19H18N6O4/c1-12-4-3-5-16(17(12)25(28)29)19(27)23-15-8-6-14(7-9-15)22-18(26)13(2)24-11-20-10-21-24/h3-11,13H,1-2H3,(H,22,26)(H,23,27). The van der Waals surface area contributed by atoms with Crippen molar-refractivity contribution >= 4 is 28.9 Å². The van der Waals surface area contributed by atoms with Gasteiger partial charge in [-0.25, -0.2) is 9.67 Å². The predicted molar refractivity (Wildman–Crippen MR) is 106 cm³/mol. The quantitative estimate of drug-likeness (QED) is 0.488. The molecule has 10 nitrogen and oxygen atoms in total. The van der Waals surface area contributed by atoms with Crippen LogP contribution in [0, 0.1) is 17.0 Å². The number of hydrogen-bond acceptors (Lipinski definition) is 6. The summed E-state index contributed by atoms with van der Waals surface area (Å²) in [4.78, 5) is 39.2. The molecule has 1 heterocycles. The molecule has 0 bridgehead atoms. The lowest BCUT2D eigenvalue weighted by molar-refractivity contribution is -0.385. The summed E-state index contributed by atoms with van der Waals surface area (Å²) < 4.78 is 1.43. The summed E-state index contributed by atoms with van der Waals surface area (Å²) in [6.45, 7) is 3.26. The molecule has 1 atom stereocenters. The third kappa shape index (κ3) is 4.43. The van der Waals surface area contributed by atoms with Gasteiger partial charge in [0.2, 0.25) is 5.91 Å². The molecule has 10 heteroatoms. The lowest BCUT2D eigenvalue weighted by Gasteiger charge is -2.12. The van der Waals surface area contributed by atoms with Crippen LogP contribution in [0.2, 0.25) is 0 Å². The van der Waals surface area contributed by atoms with E-state index in [1.807, 2.05) is 0 Å². The summed E-state index contributed by atoms with van der Waals surface area (Å²) in [5.74, 6) is -0.861. The Balaban J connectivity index is 1.68. The van der Waals surface area contributed by atoms with Crippen LogP contribution in [0.1, 0.15) is 28.9 Å². The number of nitrogens with one attached hydrogen (secondary N) is 2. The van der Waals surface area contributed by atoms with E-state index in [2.05, 4.69) is 20.7 Å². The highest BCUT2D eigenvalue weighted by Crippen LogP contribution is 2.24. The second-order valence-electron chi connectivity index (χ2n) is 6.30. The maximum atomic E-state index is 12.5. The lowest BCUT2D eigenvalue weighted by Crippen LogP contribution is -2.24. The van der Waals surface area contributed by atoms with E-state index in [4.69, 9.17) is 0 Å². The van der Waals surface area contributed by atoms with Crippen LogP contribution in [0.15, 0.2) is 55.1 Å². The van der Waals surface area contributed by atoms with Crippen molar-refractivity contribution in [3.8, 4) is 0 Å². The van der Waals surface area contributed by atoms with Gasteiger partial charge in [0.1, 0.15) is 24.3 Å². The first-order valence-corrected chi connectivity index (χ1v) is 8.67. The van der Waals surface area contributed by atoms with Gasteiger partial charge in [-0.15, -0.1) is 0 Å². The molecule has 1 aromatic heterocycles. The van der Waals surface area contributed by atoms with E-state index in [0.717, 1.165) is 0 Å². The van der Waals surface area contributed by atoms with Gasteiger partial charge in [-0.3, -0.25) is 19.7 Å². The number of nitrogens with zero attached hydrogens (tertiary/aromatic N) is 4. The molecule has 3 aromatic rings. The molecule has 29 heavy (non-hydrogen) atoms. The average molecular weight is 394 g/mol. The fourth-order valence-corrected chi connectivity index (χ4v) is 2.70. The van der Waals surface area contributed by atoms with Crippen LogP contribution in [-0.4, -0.2) is 31.5 Å². The number of amides is 2. The fourth-order valence-electron chi connectivity index (χ4n) is 2.70. The summed E-state index contributed by atoms with van der Waals surface area (Å²) >= 11 is 0. The molecule has 2 amide bonds. The first-order valence-electron chi connectivity index (χ1n) is 8.67. The Morgan fingerprint density at radius 3 is 2.34 bits per heavy atom. The van der Waals surface area contributed by atoms with E-state index in [9.17, 15) is 19.7 Å². The number of carbonyl (C=O) groups is 2. The number of aryl methyl sites for hydroxylation is 1. The molecule has 0 saturated heterocycles. The highest BCUT2D eigenvalue weighted by molar-refractivity contribution is 6.07. The molecule has 0 aliphatic heterocycles. The van der Waals surface area contributed by atoms with E-state index >= 15 is 0 Å². The van der Waals surface area contributed by atoms with Crippen LogP contribution in [0.4, 0.5) is 17.1 Å². The number of anilines is 2. The van der Waals surface area contributed by atoms with Gasteiger partial charge in [-0.05, 0) is 44.2 Å². The minimum atomic E-state index is -0.586. The fraction of sp³-hybridized carbons (Fsp3) is 0.158. The summed E-state index contributed by atoms with van der Waals surface area (Å²) in [6.07, 6.45) is 2.80. The summed E-state index contributed by atoms with van der Waals surface area (Å²) in [5, 5.41) is 20.6. The Hall–Kier alpha value is -4.08. The molecule has 2 aromatic carbocycles. The summed E-state index contributed by atoms with van der Waals surface area (Å²) in [7, 11) is 0. The van der Waals surface area contributed by atoms with E-state index in [0.29, 0.717) is 16.9 Å². The Bertz CT molecular complexity index is 1050. The van der Waals surface area contributed by atoms with Crippen molar-refractivity contribution in [2.45, 2.75) is 19.9 Å². The van der Waals surface area contributed by atoms with Crippen LogP contribution in [-0.2, 0) is 4.79 Å². The number of carbonyl (C=O) groups excluding carboxylic acids is 2. The van der Waals surface area contributed by atoms with E-state index in [1.54, 1.807) is 50.2 Å². The van der Waals surface area contributed by atoms with Crippen LogP contribution >= 0.6 is 0 Å². The average Bonchev–Trinajstić information content (AvgIpc) is 3.23. The number of hydrogen-bond donors (Lipinski definition) is 2.